The second-order valence-electron chi connectivity index (χ2n) is 2.99. The summed E-state index contributed by atoms with van der Waals surface area (Å²) in [6, 6.07) is 0.570. The first-order chi connectivity index (χ1) is 6.24. The molecule has 0 saturated heterocycles. The normalized spacial score (nSPS) is 13.2. The van der Waals surface area contributed by atoms with E-state index in [0.717, 1.165) is 17.3 Å². The first-order valence-electron chi connectivity index (χ1n) is 4.38. The predicted octanol–water partition coefficient (Wildman–Crippen LogP) is 0.905. The lowest BCUT2D eigenvalue weighted by Gasteiger charge is -2.08. The van der Waals surface area contributed by atoms with Crippen LogP contribution in [0.25, 0.3) is 0 Å². The van der Waals surface area contributed by atoms with Crippen molar-refractivity contribution in [3.8, 4) is 0 Å². The standard InChI is InChI=1S/C8H16N4S/c1-7(9-2)4-5-13-8-10-6-11-12(8)3/h6-7,9H,4-5H2,1-3H3. The van der Waals surface area contributed by atoms with E-state index in [-0.39, 0.29) is 0 Å². The van der Waals surface area contributed by atoms with Gasteiger partial charge in [0.25, 0.3) is 0 Å². The molecule has 0 fully saturated rings. The molecule has 1 N–H and O–H groups in total. The fraction of sp³-hybridized carbons (Fsp3) is 0.750. The smallest absolute Gasteiger partial charge is 0.185 e. The zero-order chi connectivity index (χ0) is 9.68. The summed E-state index contributed by atoms with van der Waals surface area (Å²) in [5.74, 6) is 1.08. The van der Waals surface area contributed by atoms with Crippen LogP contribution in [0.1, 0.15) is 13.3 Å². The molecule has 0 bridgehead atoms. The van der Waals surface area contributed by atoms with Crippen LogP contribution in [0.4, 0.5) is 0 Å². The van der Waals surface area contributed by atoms with Gasteiger partial charge in [-0.05, 0) is 20.4 Å². The molecule has 0 aliphatic carbocycles. The highest BCUT2D eigenvalue weighted by Gasteiger charge is 2.02. The van der Waals surface area contributed by atoms with Crippen molar-refractivity contribution in [3.63, 3.8) is 0 Å². The van der Waals surface area contributed by atoms with E-state index in [9.17, 15) is 0 Å². The van der Waals surface area contributed by atoms with E-state index in [1.54, 1.807) is 22.8 Å². The zero-order valence-electron chi connectivity index (χ0n) is 8.32. The maximum atomic E-state index is 4.13. The molecule has 0 aliphatic rings. The number of hydrogen-bond donors (Lipinski definition) is 1. The molecule has 1 aromatic rings. The summed E-state index contributed by atoms with van der Waals surface area (Å²) in [5, 5.41) is 8.20. The summed E-state index contributed by atoms with van der Waals surface area (Å²) >= 11 is 1.75. The molecule has 0 amide bonds. The van der Waals surface area contributed by atoms with Crippen LogP contribution in [0, 0.1) is 0 Å². The maximum Gasteiger partial charge on any atom is 0.185 e. The van der Waals surface area contributed by atoms with Crippen LogP contribution in [0.3, 0.4) is 0 Å². The Bertz CT molecular complexity index is 248. The largest absolute Gasteiger partial charge is 0.317 e. The van der Waals surface area contributed by atoms with Crippen LogP contribution in [0.5, 0.6) is 0 Å². The molecule has 0 aliphatic heterocycles. The Balaban J connectivity index is 2.24. The third-order valence-corrected chi connectivity index (χ3v) is 3.01. The van der Waals surface area contributed by atoms with E-state index < -0.39 is 0 Å². The third kappa shape index (κ3) is 3.36. The van der Waals surface area contributed by atoms with E-state index in [0.29, 0.717) is 6.04 Å². The number of hydrogen-bond acceptors (Lipinski definition) is 4. The Morgan fingerprint density at radius 3 is 3.00 bits per heavy atom. The van der Waals surface area contributed by atoms with Gasteiger partial charge in [-0.15, -0.1) is 0 Å². The molecule has 1 heterocycles. The van der Waals surface area contributed by atoms with E-state index in [4.69, 9.17) is 0 Å². The molecular weight excluding hydrogens is 184 g/mol. The number of aromatic nitrogens is 3. The van der Waals surface area contributed by atoms with Crippen molar-refractivity contribution < 1.29 is 0 Å². The number of thioether (sulfide) groups is 1. The van der Waals surface area contributed by atoms with Gasteiger partial charge in [-0.25, -0.2) is 9.67 Å². The highest BCUT2D eigenvalue weighted by Crippen LogP contribution is 2.14. The van der Waals surface area contributed by atoms with Crippen LogP contribution >= 0.6 is 11.8 Å². The highest BCUT2D eigenvalue weighted by molar-refractivity contribution is 7.99. The fourth-order valence-electron chi connectivity index (χ4n) is 0.888. The Labute approximate surface area is 83.1 Å². The van der Waals surface area contributed by atoms with Gasteiger partial charge in [-0.1, -0.05) is 11.8 Å². The number of nitrogens with zero attached hydrogens (tertiary/aromatic N) is 3. The summed E-state index contributed by atoms with van der Waals surface area (Å²) in [4.78, 5) is 4.13. The average molecular weight is 200 g/mol. The minimum absolute atomic E-state index is 0.570. The number of nitrogens with one attached hydrogen (secondary N) is 1. The number of aryl methyl sites for hydroxylation is 1. The molecule has 1 aromatic heterocycles. The van der Waals surface area contributed by atoms with Crippen molar-refractivity contribution in [1.29, 1.82) is 0 Å². The monoisotopic (exact) mass is 200 g/mol. The first kappa shape index (κ1) is 10.5. The van der Waals surface area contributed by atoms with E-state index in [1.807, 2.05) is 14.1 Å². The van der Waals surface area contributed by atoms with Gasteiger partial charge in [-0.2, -0.15) is 5.10 Å². The molecule has 0 spiro atoms. The van der Waals surface area contributed by atoms with E-state index in [2.05, 4.69) is 22.3 Å². The van der Waals surface area contributed by atoms with Gasteiger partial charge in [0.2, 0.25) is 0 Å². The lowest BCUT2D eigenvalue weighted by molar-refractivity contribution is 0.596. The summed E-state index contributed by atoms with van der Waals surface area (Å²) in [6.45, 7) is 2.18. The van der Waals surface area contributed by atoms with Gasteiger partial charge in [0, 0.05) is 18.8 Å². The van der Waals surface area contributed by atoms with E-state index >= 15 is 0 Å². The average Bonchev–Trinajstić information content (AvgIpc) is 2.52. The van der Waals surface area contributed by atoms with Gasteiger partial charge < -0.3 is 5.32 Å². The highest BCUT2D eigenvalue weighted by atomic mass is 32.2. The summed E-state index contributed by atoms with van der Waals surface area (Å²) in [7, 11) is 3.90. The second-order valence-corrected chi connectivity index (χ2v) is 4.06. The zero-order valence-corrected chi connectivity index (χ0v) is 9.14. The Morgan fingerprint density at radius 1 is 1.69 bits per heavy atom. The molecule has 1 unspecified atom stereocenters. The summed E-state index contributed by atoms with van der Waals surface area (Å²) < 4.78 is 1.80. The fourth-order valence-corrected chi connectivity index (χ4v) is 1.90. The first-order valence-corrected chi connectivity index (χ1v) is 5.36. The Kier molecular flexibility index (Phi) is 4.24. The van der Waals surface area contributed by atoms with Gasteiger partial charge in [0.15, 0.2) is 5.16 Å². The van der Waals surface area contributed by atoms with Crippen LogP contribution in [0.2, 0.25) is 0 Å². The van der Waals surface area contributed by atoms with E-state index in [1.165, 1.54) is 0 Å². The van der Waals surface area contributed by atoms with Crippen molar-refractivity contribution in [3.05, 3.63) is 6.33 Å². The SMILES string of the molecule is CNC(C)CCSc1ncnn1C. The molecule has 1 atom stereocenters. The predicted molar refractivity (Wildman–Crippen MR) is 54.9 cm³/mol. The number of rotatable bonds is 5. The molecule has 0 radical (unpaired) electrons. The molecule has 4 nitrogen and oxygen atoms in total. The summed E-state index contributed by atoms with van der Waals surface area (Å²) in [5.41, 5.74) is 0. The third-order valence-electron chi connectivity index (χ3n) is 1.94. The van der Waals surface area contributed by atoms with Crippen molar-refractivity contribution in [2.45, 2.75) is 24.5 Å². The second kappa shape index (κ2) is 5.24. The van der Waals surface area contributed by atoms with Crippen LogP contribution in [-0.4, -0.2) is 33.6 Å². The molecule has 0 aromatic carbocycles. The lowest BCUT2D eigenvalue weighted by atomic mass is 10.3. The summed E-state index contributed by atoms with van der Waals surface area (Å²) in [6.07, 6.45) is 2.73. The lowest BCUT2D eigenvalue weighted by Crippen LogP contribution is -2.21. The quantitative estimate of drug-likeness (QED) is 0.717. The van der Waals surface area contributed by atoms with Crippen molar-refractivity contribution in [1.82, 2.24) is 20.1 Å². The minimum atomic E-state index is 0.570. The van der Waals surface area contributed by atoms with Crippen LogP contribution in [-0.2, 0) is 7.05 Å². The van der Waals surface area contributed by atoms with Crippen molar-refractivity contribution in [2.24, 2.45) is 7.05 Å². The minimum Gasteiger partial charge on any atom is -0.317 e. The van der Waals surface area contributed by atoms with Crippen LogP contribution in [0.15, 0.2) is 11.5 Å². The molecular formula is C8H16N4S. The van der Waals surface area contributed by atoms with Gasteiger partial charge in [-0.3, -0.25) is 0 Å². The van der Waals surface area contributed by atoms with Gasteiger partial charge in [0.05, 0.1) is 0 Å². The van der Waals surface area contributed by atoms with Crippen molar-refractivity contribution in [2.75, 3.05) is 12.8 Å². The van der Waals surface area contributed by atoms with Crippen molar-refractivity contribution >= 4 is 11.8 Å². The molecule has 5 heteroatoms. The molecule has 13 heavy (non-hydrogen) atoms. The molecule has 1 rings (SSSR count). The maximum absolute atomic E-state index is 4.13. The Morgan fingerprint density at radius 2 is 2.46 bits per heavy atom. The topological polar surface area (TPSA) is 42.7 Å². The molecule has 74 valence electrons. The van der Waals surface area contributed by atoms with Crippen LogP contribution < -0.4 is 5.32 Å². The van der Waals surface area contributed by atoms with Gasteiger partial charge >= 0.3 is 0 Å². The molecule has 0 saturated carbocycles. The van der Waals surface area contributed by atoms with Gasteiger partial charge in [0.1, 0.15) is 6.33 Å². The Hall–Kier alpha value is -0.550.